The van der Waals surface area contributed by atoms with Gasteiger partial charge in [0, 0.05) is 42.6 Å². The molecule has 10 nitrogen and oxygen atoms in total. The zero-order chi connectivity index (χ0) is 28.4. The number of hydrogen-bond donors (Lipinski definition) is 3. The molecule has 5 rings (SSSR count). The molecule has 40 heavy (non-hydrogen) atoms. The lowest BCUT2D eigenvalue weighted by Crippen LogP contribution is -2.35. The van der Waals surface area contributed by atoms with Gasteiger partial charge in [0.05, 0.1) is 18.9 Å². The fraction of sp³-hybridized carbons (Fsp3) is 0.179. The van der Waals surface area contributed by atoms with Gasteiger partial charge in [-0.3, -0.25) is 14.4 Å². The van der Waals surface area contributed by atoms with Gasteiger partial charge in [0.25, 0.3) is 16.5 Å². The smallest absolute Gasteiger partial charge is 0.290 e. The van der Waals surface area contributed by atoms with Crippen molar-refractivity contribution in [1.29, 1.82) is 0 Å². The molecule has 3 aromatic carbocycles. The minimum absolute atomic E-state index is 0.250. The van der Waals surface area contributed by atoms with E-state index < -0.39 is 20.7 Å². The largest absolute Gasteiger partial charge is 0.483 e. The Morgan fingerprint density at radius 1 is 0.950 bits per heavy atom. The van der Waals surface area contributed by atoms with Crippen LogP contribution >= 0.6 is 0 Å². The molecule has 0 atom stereocenters. The molecule has 0 bridgehead atoms. The maximum absolute atomic E-state index is 13.9. The number of anilines is 3. The van der Waals surface area contributed by atoms with E-state index in [1.54, 1.807) is 24.3 Å². The Bertz CT molecular complexity index is 1510. The topological polar surface area (TPSA) is 134 Å². The van der Waals surface area contributed by atoms with E-state index >= 15 is 0 Å². The van der Waals surface area contributed by atoms with Crippen molar-refractivity contribution in [3.63, 3.8) is 0 Å². The lowest BCUT2D eigenvalue weighted by Gasteiger charge is -2.26. The second-order valence-electron chi connectivity index (χ2n) is 8.72. The van der Waals surface area contributed by atoms with Gasteiger partial charge >= 0.3 is 0 Å². The molecule has 0 unspecified atom stereocenters. The van der Waals surface area contributed by atoms with Crippen LogP contribution in [0, 0.1) is 5.82 Å². The quantitative estimate of drug-likeness (QED) is 0.267. The Balaban J connectivity index is 0.00000118. The van der Waals surface area contributed by atoms with Gasteiger partial charge in [-0.15, -0.1) is 0 Å². The van der Waals surface area contributed by atoms with Crippen molar-refractivity contribution in [3.05, 3.63) is 96.6 Å². The van der Waals surface area contributed by atoms with E-state index in [-0.39, 0.29) is 6.47 Å². The molecule has 0 radical (unpaired) electrons. The molecule has 0 saturated carbocycles. The van der Waals surface area contributed by atoms with Crippen molar-refractivity contribution in [2.75, 3.05) is 36.3 Å². The highest BCUT2D eigenvalue weighted by Gasteiger charge is 2.18. The van der Waals surface area contributed by atoms with Crippen molar-refractivity contribution < 1.29 is 27.4 Å². The summed E-state index contributed by atoms with van der Waals surface area (Å²) in [5.41, 5.74) is 4.02. The second kappa shape index (κ2) is 13.6. The summed E-state index contributed by atoms with van der Waals surface area (Å²) in [7, 11) is -4.04. The number of nitrogens with one attached hydrogen (secondary N) is 2. The number of aromatic nitrogens is 2. The molecule has 1 aliphatic heterocycles. The lowest BCUT2D eigenvalue weighted by atomic mass is 10.1. The second-order valence-corrected chi connectivity index (χ2v) is 10.4. The van der Waals surface area contributed by atoms with Gasteiger partial charge in [-0.25, -0.2) is 22.8 Å². The monoisotopic (exact) mass is 565 g/mol. The number of morpholine rings is 1. The van der Waals surface area contributed by atoms with Crippen LogP contribution in [0.3, 0.4) is 0 Å². The Kier molecular flexibility index (Phi) is 9.73. The molecule has 1 aliphatic rings. The van der Waals surface area contributed by atoms with E-state index in [1.165, 1.54) is 30.1 Å². The van der Waals surface area contributed by atoms with Crippen LogP contribution in [0.5, 0.6) is 0 Å². The van der Waals surface area contributed by atoms with E-state index in [0.717, 1.165) is 50.2 Å². The summed E-state index contributed by atoms with van der Waals surface area (Å²) in [6, 6.07) is 22.0. The van der Waals surface area contributed by atoms with Gasteiger partial charge in [0.1, 0.15) is 22.9 Å². The normalized spacial score (nSPS) is 13.5. The van der Waals surface area contributed by atoms with Gasteiger partial charge in [-0.1, -0.05) is 36.4 Å². The number of nitrogens with zero attached hydrogens (tertiary/aromatic N) is 3. The molecule has 12 heteroatoms. The van der Waals surface area contributed by atoms with Crippen LogP contribution in [0.2, 0.25) is 0 Å². The summed E-state index contributed by atoms with van der Waals surface area (Å²) in [6.07, 6.45) is 1.50. The van der Waals surface area contributed by atoms with Crippen molar-refractivity contribution in [2.45, 2.75) is 11.4 Å². The van der Waals surface area contributed by atoms with Crippen molar-refractivity contribution in [1.82, 2.24) is 14.9 Å². The molecule has 3 N–H and O–H groups in total. The van der Waals surface area contributed by atoms with Crippen LogP contribution in [0.25, 0.3) is 11.3 Å². The fourth-order valence-corrected chi connectivity index (χ4v) is 5.16. The van der Waals surface area contributed by atoms with Gasteiger partial charge in [-0.05, 0) is 42.0 Å². The van der Waals surface area contributed by atoms with Crippen LogP contribution in [-0.4, -0.2) is 61.2 Å². The van der Waals surface area contributed by atoms with Crippen LogP contribution in [-0.2, 0) is 26.1 Å². The third kappa shape index (κ3) is 7.82. The Labute approximate surface area is 231 Å². The third-order valence-corrected chi connectivity index (χ3v) is 7.38. The first-order valence-electron chi connectivity index (χ1n) is 12.3. The highest BCUT2D eigenvalue weighted by atomic mass is 32.2. The van der Waals surface area contributed by atoms with Crippen molar-refractivity contribution in [3.8, 4) is 11.3 Å². The van der Waals surface area contributed by atoms with Gasteiger partial charge in [0.2, 0.25) is 0 Å². The summed E-state index contributed by atoms with van der Waals surface area (Å²) in [5.74, 6) is -0.207. The lowest BCUT2D eigenvalue weighted by molar-refractivity contribution is -0.122. The van der Waals surface area contributed by atoms with E-state index in [9.17, 15) is 12.8 Å². The summed E-state index contributed by atoms with van der Waals surface area (Å²) in [5, 5.41) is 10.1. The van der Waals surface area contributed by atoms with Crippen LogP contribution in [0.1, 0.15) is 5.56 Å². The molecule has 1 fully saturated rings. The van der Waals surface area contributed by atoms with Gasteiger partial charge < -0.3 is 15.2 Å². The average molecular weight is 566 g/mol. The molecule has 1 aromatic heterocycles. The number of hydrogen-bond acceptors (Lipinski definition) is 8. The molecule has 2 heterocycles. The highest BCUT2D eigenvalue weighted by Crippen LogP contribution is 2.24. The summed E-state index contributed by atoms with van der Waals surface area (Å²) in [4.78, 5) is 19.0. The Morgan fingerprint density at radius 3 is 2.27 bits per heavy atom. The molecule has 4 aromatic rings. The molecule has 0 amide bonds. The zero-order valence-corrected chi connectivity index (χ0v) is 22.2. The number of sulfonamides is 1. The predicted molar refractivity (Wildman–Crippen MR) is 149 cm³/mol. The summed E-state index contributed by atoms with van der Waals surface area (Å²) >= 11 is 0. The van der Waals surface area contributed by atoms with E-state index in [2.05, 4.69) is 49.2 Å². The third-order valence-electron chi connectivity index (χ3n) is 5.96. The summed E-state index contributed by atoms with van der Waals surface area (Å²) < 4.78 is 46.7. The maximum Gasteiger partial charge on any atom is 0.290 e. The highest BCUT2D eigenvalue weighted by molar-refractivity contribution is 7.92. The standard InChI is InChI=1S/C27H26FN5O3S.CH2O2/c28-24-3-1-2-4-26(24)37(34,35)32-23-11-9-22(10-12-23)31-27-17-25(29-19-30-27)21-7-5-20(6-8-21)18-33-13-15-36-16-14-33;2-1-3/h1-12,17,19,32H,13-16,18H2,(H,29,30,31);1H,(H,2,3). The SMILES string of the molecule is O=CO.O=S(=O)(Nc1ccc(Nc2cc(-c3ccc(CN4CCOCC4)cc3)ncn2)cc1)c1ccccc1F. The van der Waals surface area contributed by atoms with E-state index in [4.69, 9.17) is 14.6 Å². The Hall–Kier alpha value is -4.39. The number of carboxylic acid groups (broad SMARTS) is 1. The van der Waals surface area contributed by atoms with Crippen LogP contribution in [0.4, 0.5) is 21.6 Å². The zero-order valence-electron chi connectivity index (χ0n) is 21.4. The van der Waals surface area contributed by atoms with Crippen LogP contribution < -0.4 is 10.0 Å². The minimum Gasteiger partial charge on any atom is -0.483 e. The number of benzene rings is 3. The first kappa shape index (κ1) is 28.6. The number of rotatable bonds is 8. The first-order valence-corrected chi connectivity index (χ1v) is 13.8. The molecule has 0 aliphatic carbocycles. The molecular weight excluding hydrogens is 537 g/mol. The van der Waals surface area contributed by atoms with Gasteiger partial charge in [-0.2, -0.15) is 0 Å². The van der Waals surface area contributed by atoms with Crippen LogP contribution in [0.15, 0.2) is 90.1 Å². The number of ether oxygens (including phenoxy) is 1. The van der Waals surface area contributed by atoms with Gasteiger partial charge in [0.15, 0.2) is 0 Å². The van der Waals surface area contributed by atoms with Crippen molar-refractivity contribution in [2.24, 2.45) is 0 Å². The minimum atomic E-state index is -4.04. The van der Waals surface area contributed by atoms with E-state index in [0.29, 0.717) is 17.2 Å². The predicted octanol–water partition coefficient (Wildman–Crippen LogP) is 4.36. The number of carbonyl (C=O) groups is 1. The fourth-order valence-electron chi connectivity index (χ4n) is 4.02. The summed E-state index contributed by atoms with van der Waals surface area (Å²) in [6.45, 7) is 4.09. The average Bonchev–Trinajstić information content (AvgIpc) is 2.96. The molecule has 208 valence electrons. The maximum atomic E-state index is 13.9. The first-order chi connectivity index (χ1) is 19.4. The molecule has 1 saturated heterocycles. The van der Waals surface area contributed by atoms with Crippen molar-refractivity contribution >= 4 is 33.7 Å². The molecular formula is C28H28FN5O5S. The Morgan fingerprint density at radius 2 is 1.60 bits per heavy atom. The number of halogens is 1. The molecule has 0 spiro atoms. The van der Waals surface area contributed by atoms with E-state index in [1.807, 2.05) is 6.07 Å².